The van der Waals surface area contributed by atoms with Gasteiger partial charge in [-0.1, -0.05) is 12.1 Å². The number of aromatic amines is 1. The number of nitrogens with two attached hydrogens (primary N) is 1. The van der Waals surface area contributed by atoms with Crippen molar-refractivity contribution in [2.75, 3.05) is 18.2 Å². The molecule has 0 bridgehead atoms. The van der Waals surface area contributed by atoms with E-state index in [1.54, 1.807) is 12.1 Å². The molecule has 1 aliphatic heterocycles. The SMILES string of the molecule is COC(=O)c1ccc(C2C3=C(CCCC3=O)Nc3nc(=S)[nH]c(N)c32)cc1. The summed E-state index contributed by atoms with van der Waals surface area (Å²) in [6.07, 6.45) is 2.07. The van der Waals surface area contributed by atoms with Crippen molar-refractivity contribution in [3.63, 3.8) is 0 Å². The van der Waals surface area contributed by atoms with Crippen LogP contribution in [0.4, 0.5) is 11.6 Å². The number of H-pyrrole nitrogens is 1. The molecule has 0 spiro atoms. The van der Waals surface area contributed by atoms with Crippen molar-refractivity contribution < 1.29 is 14.3 Å². The normalized spacial score (nSPS) is 18.4. The number of Topliss-reactive ketones (excluding diaryl/α,β-unsaturated/α-hetero) is 1. The number of nitrogen functional groups attached to an aromatic ring is 1. The molecule has 0 saturated heterocycles. The van der Waals surface area contributed by atoms with E-state index in [-0.39, 0.29) is 16.5 Å². The summed E-state index contributed by atoms with van der Waals surface area (Å²) < 4.78 is 5.04. The number of carbonyl (C=O) groups is 2. The van der Waals surface area contributed by atoms with E-state index >= 15 is 0 Å². The average molecular weight is 382 g/mol. The minimum absolute atomic E-state index is 0.0956. The van der Waals surface area contributed by atoms with Crippen molar-refractivity contribution in [3.05, 3.63) is 57.0 Å². The fourth-order valence-electron chi connectivity index (χ4n) is 3.77. The molecule has 1 aromatic heterocycles. The highest BCUT2D eigenvalue weighted by Gasteiger charge is 2.37. The second kappa shape index (κ2) is 6.62. The molecule has 2 aromatic rings. The van der Waals surface area contributed by atoms with E-state index in [2.05, 4.69) is 15.3 Å². The van der Waals surface area contributed by atoms with E-state index in [1.807, 2.05) is 12.1 Å². The minimum Gasteiger partial charge on any atom is -0.465 e. The molecule has 1 atom stereocenters. The summed E-state index contributed by atoms with van der Waals surface area (Å²) in [6.45, 7) is 0. The monoisotopic (exact) mass is 382 g/mol. The number of anilines is 2. The van der Waals surface area contributed by atoms with Crippen LogP contribution >= 0.6 is 12.2 Å². The molecule has 8 heteroatoms. The number of methoxy groups -OCH3 is 1. The number of allylic oxidation sites excluding steroid dienone is 2. The largest absolute Gasteiger partial charge is 0.465 e. The Labute approximate surface area is 160 Å². The van der Waals surface area contributed by atoms with Crippen molar-refractivity contribution in [2.45, 2.75) is 25.2 Å². The highest BCUT2D eigenvalue weighted by atomic mass is 32.1. The van der Waals surface area contributed by atoms with Crippen LogP contribution in [-0.2, 0) is 9.53 Å². The maximum atomic E-state index is 12.8. The zero-order valence-electron chi connectivity index (χ0n) is 14.7. The summed E-state index contributed by atoms with van der Waals surface area (Å²) in [6, 6.07) is 7.01. The number of ketones is 1. The van der Waals surface area contributed by atoms with Gasteiger partial charge in [0.15, 0.2) is 10.6 Å². The Balaban J connectivity index is 1.91. The van der Waals surface area contributed by atoms with Gasteiger partial charge in [0.1, 0.15) is 11.6 Å². The van der Waals surface area contributed by atoms with Crippen LogP contribution in [0.1, 0.15) is 46.7 Å². The van der Waals surface area contributed by atoms with Crippen LogP contribution in [-0.4, -0.2) is 28.8 Å². The Morgan fingerprint density at radius 3 is 2.74 bits per heavy atom. The molecular formula is C19H18N4O3S. The number of fused-ring (bicyclic) bond motifs is 1. The second-order valence-corrected chi connectivity index (χ2v) is 6.95. The number of carbonyl (C=O) groups excluding carboxylic acids is 2. The summed E-state index contributed by atoms with van der Waals surface area (Å²) in [5.74, 6) is 0.274. The first-order valence-electron chi connectivity index (χ1n) is 8.61. The molecule has 0 amide bonds. The van der Waals surface area contributed by atoms with Gasteiger partial charge in [-0.25, -0.2) is 9.78 Å². The van der Waals surface area contributed by atoms with E-state index in [0.717, 1.165) is 24.1 Å². The number of esters is 1. The fourth-order valence-corrected chi connectivity index (χ4v) is 3.97. The molecule has 4 N–H and O–H groups in total. The van der Waals surface area contributed by atoms with Crippen molar-refractivity contribution in [1.29, 1.82) is 0 Å². The number of ether oxygens (including phenoxy) is 1. The van der Waals surface area contributed by atoms with Gasteiger partial charge in [-0.3, -0.25) is 4.79 Å². The lowest BCUT2D eigenvalue weighted by Crippen LogP contribution is -2.28. The smallest absolute Gasteiger partial charge is 0.337 e. The first-order chi connectivity index (χ1) is 13.0. The van der Waals surface area contributed by atoms with Gasteiger partial charge in [0, 0.05) is 29.2 Å². The predicted octanol–water partition coefficient (Wildman–Crippen LogP) is 3.07. The third-order valence-electron chi connectivity index (χ3n) is 4.97. The summed E-state index contributed by atoms with van der Waals surface area (Å²) >= 11 is 5.15. The molecular weight excluding hydrogens is 364 g/mol. The second-order valence-electron chi connectivity index (χ2n) is 6.56. The molecule has 0 fully saturated rings. The number of hydrogen-bond acceptors (Lipinski definition) is 7. The minimum atomic E-state index is -0.411. The lowest BCUT2D eigenvalue weighted by Gasteiger charge is -2.33. The van der Waals surface area contributed by atoms with Crippen LogP contribution in [0.5, 0.6) is 0 Å². The van der Waals surface area contributed by atoms with Gasteiger partial charge in [0.2, 0.25) is 0 Å². The van der Waals surface area contributed by atoms with Crippen LogP contribution in [0.15, 0.2) is 35.5 Å². The molecule has 4 rings (SSSR count). The Bertz CT molecular complexity index is 1040. The highest BCUT2D eigenvalue weighted by Crippen LogP contribution is 2.46. The van der Waals surface area contributed by atoms with Gasteiger partial charge in [-0.2, -0.15) is 0 Å². The zero-order valence-corrected chi connectivity index (χ0v) is 15.5. The summed E-state index contributed by atoms with van der Waals surface area (Å²) in [5, 5.41) is 3.26. The first kappa shape index (κ1) is 17.4. The van der Waals surface area contributed by atoms with E-state index in [0.29, 0.717) is 34.8 Å². The fraction of sp³-hybridized carbons (Fsp3) is 0.263. The molecule has 0 radical (unpaired) electrons. The Morgan fingerprint density at radius 2 is 2.04 bits per heavy atom. The maximum Gasteiger partial charge on any atom is 0.337 e. The van der Waals surface area contributed by atoms with Crippen molar-refractivity contribution in [3.8, 4) is 0 Å². The number of hydrogen-bond donors (Lipinski definition) is 3. The van der Waals surface area contributed by atoms with E-state index in [9.17, 15) is 9.59 Å². The van der Waals surface area contributed by atoms with Crippen LogP contribution < -0.4 is 11.1 Å². The molecule has 138 valence electrons. The predicted molar refractivity (Wildman–Crippen MR) is 103 cm³/mol. The number of rotatable bonds is 2. The van der Waals surface area contributed by atoms with Gasteiger partial charge in [-0.05, 0) is 42.8 Å². The van der Waals surface area contributed by atoms with E-state index in [4.69, 9.17) is 22.7 Å². The molecule has 0 saturated carbocycles. The van der Waals surface area contributed by atoms with Gasteiger partial charge in [0.05, 0.1) is 12.7 Å². The van der Waals surface area contributed by atoms with E-state index in [1.165, 1.54) is 7.11 Å². The third kappa shape index (κ3) is 2.91. The molecule has 27 heavy (non-hydrogen) atoms. The van der Waals surface area contributed by atoms with Crippen LogP contribution in [0, 0.1) is 4.77 Å². The quantitative estimate of drug-likeness (QED) is 0.541. The van der Waals surface area contributed by atoms with Crippen LogP contribution in [0.3, 0.4) is 0 Å². The standard InChI is InChI=1S/C19H18N4O3S/c1-26-18(25)10-7-5-9(6-8-10)13-14-11(3-2-4-12(14)24)21-17-15(13)16(20)22-19(27)23-17/h5-8,13H,2-4H2,1H3,(H4,20,21,22,23,27). The number of aromatic nitrogens is 2. The lowest BCUT2D eigenvalue weighted by molar-refractivity contribution is -0.116. The van der Waals surface area contributed by atoms with Gasteiger partial charge >= 0.3 is 5.97 Å². The molecule has 2 aliphatic rings. The van der Waals surface area contributed by atoms with Gasteiger partial charge in [-0.15, -0.1) is 0 Å². The number of benzene rings is 1. The topological polar surface area (TPSA) is 110 Å². The summed E-state index contributed by atoms with van der Waals surface area (Å²) in [7, 11) is 1.34. The van der Waals surface area contributed by atoms with E-state index < -0.39 is 5.97 Å². The Hall–Kier alpha value is -3.00. The van der Waals surface area contributed by atoms with Gasteiger partial charge < -0.3 is 20.8 Å². The van der Waals surface area contributed by atoms with Gasteiger partial charge in [0.25, 0.3) is 0 Å². The van der Waals surface area contributed by atoms with Crippen LogP contribution in [0.2, 0.25) is 0 Å². The number of nitrogens with zero attached hydrogens (tertiary/aromatic N) is 1. The van der Waals surface area contributed by atoms with Crippen molar-refractivity contribution >= 4 is 35.6 Å². The highest BCUT2D eigenvalue weighted by molar-refractivity contribution is 7.71. The molecule has 1 unspecified atom stereocenters. The lowest BCUT2D eigenvalue weighted by atomic mass is 9.76. The van der Waals surface area contributed by atoms with Crippen molar-refractivity contribution in [2.24, 2.45) is 0 Å². The molecule has 7 nitrogen and oxygen atoms in total. The Morgan fingerprint density at radius 1 is 1.30 bits per heavy atom. The molecule has 2 heterocycles. The zero-order chi connectivity index (χ0) is 19.1. The Kier molecular flexibility index (Phi) is 4.27. The summed E-state index contributed by atoms with van der Waals surface area (Å²) in [4.78, 5) is 31.7. The average Bonchev–Trinajstić information content (AvgIpc) is 2.66. The van der Waals surface area contributed by atoms with Crippen molar-refractivity contribution in [1.82, 2.24) is 9.97 Å². The maximum absolute atomic E-state index is 12.8. The third-order valence-corrected chi connectivity index (χ3v) is 5.16. The summed E-state index contributed by atoms with van der Waals surface area (Å²) in [5.41, 5.74) is 9.80. The van der Waals surface area contributed by atoms with Crippen LogP contribution in [0.25, 0.3) is 0 Å². The first-order valence-corrected chi connectivity index (χ1v) is 9.01. The number of nitrogens with one attached hydrogen (secondary N) is 2. The molecule has 1 aromatic carbocycles. The molecule has 1 aliphatic carbocycles.